The van der Waals surface area contributed by atoms with Crippen molar-refractivity contribution in [2.75, 3.05) is 7.11 Å². The first-order valence-corrected chi connectivity index (χ1v) is 11.1. The van der Waals surface area contributed by atoms with Crippen LogP contribution in [0.25, 0.3) is 0 Å². The molecule has 5 rings (SSSR count). The summed E-state index contributed by atoms with van der Waals surface area (Å²) in [6.07, 6.45) is 9.14. The van der Waals surface area contributed by atoms with Crippen LogP contribution >= 0.6 is 0 Å². The Bertz CT molecular complexity index is 724. The summed E-state index contributed by atoms with van der Waals surface area (Å²) < 4.78 is 5.25. The number of carbonyl (C=O) groups is 2. The Morgan fingerprint density at radius 2 is 1.86 bits per heavy atom. The molecule has 3 saturated carbocycles. The van der Waals surface area contributed by atoms with Gasteiger partial charge in [-0.3, -0.25) is 9.59 Å². The fourth-order valence-electron chi connectivity index (χ4n) is 8.37. The highest BCUT2D eigenvalue weighted by atomic mass is 16.5. The molecule has 156 valence electrons. The lowest BCUT2D eigenvalue weighted by molar-refractivity contribution is -0.196. The Kier molecular flexibility index (Phi) is 4.52. The first kappa shape index (κ1) is 20.0. The Balaban J connectivity index is 1.81. The Morgan fingerprint density at radius 3 is 2.46 bits per heavy atom. The molecule has 7 unspecified atom stereocenters. The number of rotatable bonds is 3. The first-order valence-electron chi connectivity index (χ1n) is 11.1. The summed E-state index contributed by atoms with van der Waals surface area (Å²) in [6.45, 7) is 8.96. The monoisotopic (exact) mass is 388 g/mol. The third kappa shape index (κ3) is 2.42. The minimum atomic E-state index is -0.623. The van der Waals surface area contributed by atoms with Gasteiger partial charge in [-0.25, -0.2) is 0 Å². The molecule has 0 aromatic carbocycles. The normalized spacial score (nSPS) is 47.1. The minimum Gasteiger partial charge on any atom is -0.481 e. The van der Waals surface area contributed by atoms with Gasteiger partial charge in [-0.05, 0) is 74.5 Å². The number of carboxylic acid groups (broad SMARTS) is 1. The zero-order valence-corrected chi connectivity index (χ0v) is 18.1. The van der Waals surface area contributed by atoms with E-state index in [2.05, 4.69) is 33.8 Å². The number of allylic oxidation sites excluding steroid dienone is 2. The maximum Gasteiger partial charge on any atom is 0.311 e. The zero-order valence-electron chi connectivity index (χ0n) is 18.1. The molecule has 0 heterocycles. The second-order valence-electron chi connectivity index (χ2n) is 10.9. The molecule has 1 N–H and O–H groups in total. The molecule has 0 aromatic rings. The average molecular weight is 389 g/mol. The van der Waals surface area contributed by atoms with E-state index >= 15 is 0 Å². The quantitative estimate of drug-likeness (QED) is 0.541. The van der Waals surface area contributed by atoms with Crippen LogP contribution in [0.3, 0.4) is 0 Å². The molecule has 0 saturated heterocycles. The third-order valence-electron chi connectivity index (χ3n) is 9.50. The van der Waals surface area contributed by atoms with Gasteiger partial charge >= 0.3 is 11.9 Å². The fraction of sp³-hybridized carbons (Fsp3) is 0.833. The average Bonchev–Trinajstić information content (AvgIpc) is 2.66. The molecule has 1 spiro atoms. The highest BCUT2D eigenvalue weighted by Crippen LogP contribution is 2.72. The number of hydrogen-bond donors (Lipinski definition) is 1. The summed E-state index contributed by atoms with van der Waals surface area (Å²) in [5.41, 5.74) is 0.816. The van der Waals surface area contributed by atoms with Crippen LogP contribution < -0.4 is 0 Å². The standard InChI is InChI=1S/C24H36O4/c1-14(2)16-13-24-10-7-18-22(3,8-6-9-23(18,4)21(27)28-5)19(24)12-15(16)11-17(24)20(25)26/h13-15,17-19H,6-12H2,1-5H3,(H,25,26). The summed E-state index contributed by atoms with van der Waals surface area (Å²) in [4.78, 5) is 25.1. The van der Waals surface area contributed by atoms with Gasteiger partial charge < -0.3 is 9.84 Å². The van der Waals surface area contributed by atoms with Gasteiger partial charge in [-0.1, -0.05) is 38.8 Å². The molecule has 0 radical (unpaired) electrons. The predicted molar refractivity (Wildman–Crippen MR) is 107 cm³/mol. The van der Waals surface area contributed by atoms with Gasteiger partial charge in [-0.2, -0.15) is 0 Å². The van der Waals surface area contributed by atoms with Crippen LogP contribution in [0.5, 0.6) is 0 Å². The van der Waals surface area contributed by atoms with E-state index in [4.69, 9.17) is 4.74 Å². The van der Waals surface area contributed by atoms with Crippen molar-refractivity contribution in [2.45, 2.75) is 72.6 Å². The number of carboxylic acids is 1. The van der Waals surface area contributed by atoms with Crippen molar-refractivity contribution in [3.8, 4) is 0 Å². The molecule has 5 aliphatic rings. The molecule has 2 bridgehead atoms. The number of fused-ring (bicyclic) bond motifs is 2. The smallest absolute Gasteiger partial charge is 0.311 e. The van der Waals surface area contributed by atoms with Gasteiger partial charge in [-0.15, -0.1) is 0 Å². The number of methoxy groups -OCH3 is 1. The lowest BCUT2D eigenvalue weighted by Gasteiger charge is -2.67. The lowest BCUT2D eigenvalue weighted by Crippen LogP contribution is -2.63. The van der Waals surface area contributed by atoms with Crippen molar-refractivity contribution in [2.24, 2.45) is 45.8 Å². The van der Waals surface area contributed by atoms with Crippen molar-refractivity contribution in [1.29, 1.82) is 0 Å². The number of aliphatic carboxylic acids is 1. The fourth-order valence-corrected chi connectivity index (χ4v) is 8.37. The van der Waals surface area contributed by atoms with Crippen molar-refractivity contribution in [1.82, 2.24) is 0 Å². The van der Waals surface area contributed by atoms with E-state index in [-0.39, 0.29) is 28.6 Å². The molecular formula is C24H36O4. The molecule has 0 amide bonds. The SMILES string of the molecule is COC(=O)C1(C)CCCC2(C)C1CCC13C=C(C(C)C)C(CC1C(=O)O)CC23. The van der Waals surface area contributed by atoms with Gasteiger partial charge in [0.15, 0.2) is 0 Å². The third-order valence-corrected chi connectivity index (χ3v) is 9.50. The van der Waals surface area contributed by atoms with Gasteiger partial charge in [0.2, 0.25) is 0 Å². The van der Waals surface area contributed by atoms with E-state index in [9.17, 15) is 14.7 Å². The van der Waals surface area contributed by atoms with E-state index in [0.717, 1.165) is 44.9 Å². The number of hydrogen-bond acceptors (Lipinski definition) is 3. The summed E-state index contributed by atoms with van der Waals surface area (Å²) in [6, 6.07) is 0. The molecule has 0 aliphatic heterocycles. The summed E-state index contributed by atoms with van der Waals surface area (Å²) in [7, 11) is 1.50. The number of esters is 1. The molecule has 5 aliphatic carbocycles. The van der Waals surface area contributed by atoms with E-state index in [1.54, 1.807) is 0 Å². The minimum absolute atomic E-state index is 0.00478. The van der Waals surface area contributed by atoms with Crippen LogP contribution in [0, 0.1) is 45.8 Å². The Hall–Kier alpha value is -1.32. The number of ether oxygens (including phenoxy) is 1. The topological polar surface area (TPSA) is 63.6 Å². The van der Waals surface area contributed by atoms with Gasteiger partial charge in [0.25, 0.3) is 0 Å². The maximum atomic E-state index is 12.8. The van der Waals surface area contributed by atoms with Crippen LogP contribution in [0.1, 0.15) is 72.6 Å². The number of carbonyl (C=O) groups excluding carboxylic acids is 1. The van der Waals surface area contributed by atoms with Crippen LogP contribution in [-0.2, 0) is 14.3 Å². The molecule has 7 atom stereocenters. The Labute approximate surface area is 169 Å². The van der Waals surface area contributed by atoms with E-state index in [1.165, 1.54) is 12.7 Å². The molecule has 28 heavy (non-hydrogen) atoms. The van der Waals surface area contributed by atoms with Crippen molar-refractivity contribution >= 4 is 11.9 Å². The second-order valence-corrected chi connectivity index (χ2v) is 10.9. The largest absolute Gasteiger partial charge is 0.481 e. The van der Waals surface area contributed by atoms with Crippen molar-refractivity contribution in [3.05, 3.63) is 11.6 Å². The van der Waals surface area contributed by atoms with E-state index < -0.39 is 11.4 Å². The Morgan fingerprint density at radius 1 is 1.14 bits per heavy atom. The highest BCUT2D eigenvalue weighted by molar-refractivity contribution is 5.77. The molecule has 4 nitrogen and oxygen atoms in total. The predicted octanol–water partition coefficient (Wildman–Crippen LogP) is 5.08. The van der Waals surface area contributed by atoms with Crippen molar-refractivity contribution in [3.63, 3.8) is 0 Å². The van der Waals surface area contributed by atoms with Crippen LogP contribution in [-0.4, -0.2) is 24.2 Å². The van der Waals surface area contributed by atoms with Crippen LogP contribution in [0.2, 0.25) is 0 Å². The van der Waals surface area contributed by atoms with Crippen LogP contribution in [0.4, 0.5) is 0 Å². The van der Waals surface area contributed by atoms with E-state index in [0.29, 0.717) is 17.8 Å². The lowest BCUT2D eigenvalue weighted by atomic mass is 9.36. The molecular weight excluding hydrogens is 352 g/mol. The van der Waals surface area contributed by atoms with Crippen LogP contribution in [0.15, 0.2) is 11.6 Å². The first-order chi connectivity index (χ1) is 13.1. The van der Waals surface area contributed by atoms with Gasteiger partial charge in [0, 0.05) is 5.41 Å². The van der Waals surface area contributed by atoms with Gasteiger partial charge in [0.05, 0.1) is 18.4 Å². The highest BCUT2D eigenvalue weighted by Gasteiger charge is 2.67. The summed E-state index contributed by atoms with van der Waals surface area (Å²) in [5.74, 6) is 0.523. The molecule has 3 fully saturated rings. The van der Waals surface area contributed by atoms with E-state index in [1.807, 2.05) is 0 Å². The molecule has 4 heteroatoms. The van der Waals surface area contributed by atoms with Crippen molar-refractivity contribution < 1.29 is 19.4 Å². The summed E-state index contributed by atoms with van der Waals surface area (Å²) in [5, 5.41) is 10.1. The zero-order chi connectivity index (χ0) is 20.5. The summed E-state index contributed by atoms with van der Waals surface area (Å²) >= 11 is 0. The second kappa shape index (κ2) is 6.34. The molecule has 0 aromatic heterocycles. The maximum absolute atomic E-state index is 12.8. The van der Waals surface area contributed by atoms with Gasteiger partial charge in [0.1, 0.15) is 0 Å².